The summed E-state index contributed by atoms with van der Waals surface area (Å²) in [7, 11) is 0. The molecule has 0 unspecified atom stereocenters. The van der Waals surface area contributed by atoms with E-state index in [0.29, 0.717) is 12.5 Å². The summed E-state index contributed by atoms with van der Waals surface area (Å²) in [6.45, 7) is 2.59. The number of hydrogen-bond donors (Lipinski definition) is 1. The number of fused-ring (bicyclic) bond motifs is 1. The molecule has 1 aromatic carbocycles. The van der Waals surface area contributed by atoms with E-state index in [-0.39, 0.29) is 0 Å². The summed E-state index contributed by atoms with van der Waals surface area (Å²) < 4.78 is 7.01. The number of benzene rings is 1. The summed E-state index contributed by atoms with van der Waals surface area (Å²) in [6, 6.07) is 7.88. The third-order valence-corrected chi connectivity index (χ3v) is 2.74. The lowest BCUT2D eigenvalue weighted by Gasteiger charge is -2.03. The smallest absolute Gasteiger partial charge is 0.201 e. The molecule has 3 aromatic rings. The van der Waals surface area contributed by atoms with Crippen molar-refractivity contribution >= 4 is 17.0 Å². The van der Waals surface area contributed by atoms with Crippen molar-refractivity contribution in [1.82, 2.24) is 14.7 Å². The van der Waals surface area contributed by atoms with Gasteiger partial charge in [-0.2, -0.15) is 0 Å². The maximum absolute atomic E-state index is 5.91. The molecule has 86 valence electrons. The Bertz CT molecular complexity index is 655. The van der Waals surface area contributed by atoms with Gasteiger partial charge >= 0.3 is 0 Å². The SMILES string of the molecule is Cc1ccc2nc(N)n(Cc3ccno3)c2c1. The molecule has 0 spiro atoms. The first-order chi connectivity index (χ1) is 8.24. The van der Waals surface area contributed by atoms with E-state index in [1.54, 1.807) is 6.20 Å². The van der Waals surface area contributed by atoms with E-state index in [4.69, 9.17) is 10.3 Å². The van der Waals surface area contributed by atoms with Crippen molar-refractivity contribution < 1.29 is 4.52 Å². The number of rotatable bonds is 2. The van der Waals surface area contributed by atoms with Gasteiger partial charge in [0.25, 0.3) is 0 Å². The average Bonchev–Trinajstić information content (AvgIpc) is 2.90. The minimum Gasteiger partial charge on any atom is -0.369 e. The van der Waals surface area contributed by atoms with Gasteiger partial charge in [0.1, 0.15) is 0 Å². The quantitative estimate of drug-likeness (QED) is 0.728. The average molecular weight is 228 g/mol. The highest BCUT2D eigenvalue weighted by Crippen LogP contribution is 2.20. The third kappa shape index (κ3) is 1.65. The molecule has 5 heteroatoms. The number of nitrogens with two attached hydrogens (primary N) is 1. The topological polar surface area (TPSA) is 69.9 Å². The Balaban J connectivity index is 2.14. The Morgan fingerprint density at radius 2 is 2.24 bits per heavy atom. The van der Waals surface area contributed by atoms with Crippen LogP contribution in [-0.2, 0) is 6.54 Å². The Morgan fingerprint density at radius 3 is 3.00 bits per heavy atom. The molecule has 2 aromatic heterocycles. The number of nitrogen functional groups attached to an aromatic ring is 1. The normalized spacial score (nSPS) is 11.1. The summed E-state index contributed by atoms with van der Waals surface area (Å²) in [5.41, 5.74) is 9.00. The van der Waals surface area contributed by atoms with Crippen molar-refractivity contribution in [2.24, 2.45) is 0 Å². The molecule has 0 saturated heterocycles. The van der Waals surface area contributed by atoms with Gasteiger partial charge in [0, 0.05) is 6.07 Å². The highest BCUT2D eigenvalue weighted by atomic mass is 16.5. The fourth-order valence-corrected chi connectivity index (χ4v) is 1.90. The van der Waals surface area contributed by atoms with Gasteiger partial charge in [-0.25, -0.2) is 4.98 Å². The van der Waals surface area contributed by atoms with E-state index in [0.717, 1.165) is 16.8 Å². The minimum atomic E-state index is 0.488. The highest BCUT2D eigenvalue weighted by molar-refractivity contribution is 5.79. The Morgan fingerprint density at radius 1 is 1.35 bits per heavy atom. The largest absolute Gasteiger partial charge is 0.369 e. The number of aromatic nitrogens is 3. The van der Waals surface area contributed by atoms with Gasteiger partial charge in [-0.1, -0.05) is 11.2 Å². The van der Waals surface area contributed by atoms with Crippen LogP contribution in [0.25, 0.3) is 11.0 Å². The summed E-state index contributed by atoms with van der Waals surface area (Å²) in [5.74, 6) is 1.25. The second-order valence-electron chi connectivity index (χ2n) is 4.03. The van der Waals surface area contributed by atoms with Crippen molar-refractivity contribution in [3.8, 4) is 0 Å². The van der Waals surface area contributed by atoms with Crippen LogP contribution in [0.5, 0.6) is 0 Å². The van der Waals surface area contributed by atoms with E-state index >= 15 is 0 Å². The van der Waals surface area contributed by atoms with Crippen LogP contribution >= 0.6 is 0 Å². The zero-order valence-corrected chi connectivity index (χ0v) is 9.42. The lowest BCUT2D eigenvalue weighted by atomic mass is 10.2. The molecule has 2 N–H and O–H groups in total. The van der Waals surface area contributed by atoms with E-state index < -0.39 is 0 Å². The van der Waals surface area contributed by atoms with Gasteiger partial charge in [0.05, 0.1) is 23.8 Å². The number of anilines is 1. The molecular formula is C12H12N4O. The van der Waals surface area contributed by atoms with Gasteiger partial charge in [-0.3, -0.25) is 0 Å². The lowest BCUT2D eigenvalue weighted by molar-refractivity contribution is 0.378. The Kier molecular flexibility index (Phi) is 2.11. The van der Waals surface area contributed by atoms with Crippen LogP contribution in [0.3, 0.4) is 0 Å². The monoisotopic (exact) mass is 228 g/mol. The van der Waals surface area contributed by atoms with Crippen molar-refractivity contribution in [2.75, 3.05) is 5.73 Å². The first kappa shape index (κ1) is 9.89. The van der Waals surface area contributed by atoms with Crippen LogP contribution < -0.4 is 5.73 Å². The Hall–Kier alpha value is -2.30. The summed E-state index contributed by atoms with van der Waals surface area (Å²) in [4.78, 5) is 4.31. The van der Waals surface area contributed by atoms with Gasteiger partial charge in [-0.15, -0.1) is 0 Å². The minimum absolute atomic E-state index is 0.488. The molecule has 0 atom stereocenters. The molecule has 17 heavy (non-hydrogen) atoms. The van der Waals surface area contributed by atoms with Crippen LogP contribution in [0.1, 0.15) is 11.3 Å². The molecule has 3 rings (SSSR count). The molecule has 0 bridgehead atoms. The van der Waals surface area contributed by atoms with E-state index in [2.05, 4.69) is 16.2 Å². The maximum atomic E-state index is 5.91. The van der Waals surface area contributed by atoms with Crippen LogP contribution in [0.4, 0.5) is 5.95 Å². The first-order valence-corrected chi connectivity index (χ1v) is 5.36. The zero-order chi connectivity index (χ0) is 11.8. The maximum Gasteiger partial charge on any atom is 0.201 e. The van der Waals surface area contributed by atoms with Gasteiger partial charge < -0.3 is 14.8 Å². The molecule has 0 saturated carbocycles. The number of nitrogens with zero attached hydrogens (tertiary/aromatic N) is 3. The van der Waals surface area contributed by atoms with Crippen LogP contribution in [0.2, 0.25) is 0 Å². The molecule has 0 aliphatic heterocycles. The molecule has 0 radical (unpaired) electrons. The zero-order valence-electron chi connectivity index (χ0n) is 9.42. The van der Waals surface area contributed by atoms with Crippen molar-refractivity contribution in [3.63, 3.8) is 0 Å². The van der Waals surface area contributed by atoms with Crippen LogP contribution in [0, 0.1) is 6.92 Å². The summed E-state index contributed by atoms with van der Waals surface area (Å²) in [6.07, 6.45) is 1.62. The predicted molar refractivity (Wildman–Crippen MR) is 64.5 cm³/mol. The van der Waals surface area contributed by atoms with Gasteiger partial charge in [-0.05, 0) is 24.6 Å². The second kappa shape index (κ2) is 3.62. The molecular weight excluding hydrogens is 216 g/mol. The van der Waals surface area contributed by atoms with Gasteiger partial charge in [0.2, 0.25) is 5.95 Å². The van der Waals surface area contributed by atoms with Crippen molar-refractivity contribution in [3.05, 3.63) is 41.8 Å². The van der Waals surface area contributed by atoms with E-state index in [1.165, 1.54) is 5.56 Å². The Labute approximate surface area is 97.8 Å². The molecule has 0 fully saturated rings. The summed E-state index contributed by atoms with van der Waals surface area (Å²) >= 11 is 0. The van der Waals surface area contributed by atoms with Gasteiger partial charge in [0.15, 0.2) is 5.76 Å². The van der Waals surface area contributed by atoms with E-state index in [9.17, 15) is 0 Å². The number of aryl methyl sites for hydroxylation is 1. The fraction of sp³-hybridized carbons (Fsp3) is 0.167. The van der Waals surface area contributed by atoms with Crippen LogP contribution in [0.15, 0.2) is 35.0 Å². The summed E-state index contributed by atoms with van der Waals surface area (Å²) in [5, 5.41) is 3.68. The fourth-order valence-electron chi connectivity index (χ4n) is 1.90. The first-order valence-electron chi connectivity index (χ1n) is 5.36. The number of hydrogen-bond acceptors (Lipinski definition) is 4. The van der Waals surface area contributed by atoms with E-state index in [1.807, 2.05) is 29.7 Å². The lowest BCUT2D eigenvalue weighted by Crippen LogP contribution is -2.03. The van der Waals surface area contributed by atoms with Crippen molar-refractivity contribution in [2.45, 2.75) is 13.5 Å². The molecule has 2 heterocycles. The third-order valence-electron chi connectivity index (χ3n) is 2.74. The molecule has 0 aliphatic carbocycles. The molecule has 5 nitrogen and oxygen atoms in total. The van der Waals surface area contributed by atoms with Crippen LogP contribution in [-0.4, -0.2) is 14.7 Å². The number of imidazole rings is 1. The van der Waals surface area contributed by atoms with Crippen molar-refractivity contribution in [1.29, 1.82) is 0 Å². The highest BCUT2D eigenvalue weighted by Gasteiger charge is 2.10. The standard InChI is InChI=1S/C12H12N4O/c1-8-2-3-10-11(6-8)16(12(13)15-10)7-9-4-5-14-17-9/h2-6H,7H2,1H3,(H2,13,15). The molecule has 0 aliphatic rings. The predicted octanol–water partition coefficient (Wildman–Crippen LogP) is 1.96. The molecule has 0 amide bonds. The second-order valence-corrected chi connectivity index (χ2v) is 4.03.